The number of nitrogens with two attached hydrogens (primary N) is 1. The quantitative estimate of drug-likeness (QED) is 0.749. The highest BCUT2D eigenvalue weighted by Crippen LogP contribution is 2.15. The Kier molecular flexibility index (Phi) is 11.1. The molecule has 2 N–H and O–H groups in total. The summed E-state index contributed by atoms with van der Waals surface area (Å²) in [4.78, 5) is 23.2. The molecule has 0 aliphatic carbocycles. The fraction of sp³-hybridized carbons (Fsp3) is 0.667. The van der Waals surface area contributed by atoms with Gasteiger partial charge in [-0.15, -0.1) is 24.8 Å². The number of nitrogens with zero attached hydrogens (tertiary/aromatic N) is 4. The second-order valence-corrected chi connectivity index (χ2v) is 7.38. The first-order valence-electron chi connectivity index (χ1n) is 8.74. The summed E-state index contributed by atoms with van der Waals surface area (Å²) in [5.41, 5.74) is 5.72. The minimum atomic E-state index is -0.0290. The van der Waals surface area contributed by atoms with Crippen LogP contribution >= 0.6 is 24.8 Å². The smallest absolute Gasteiger partial charge is 0.223 e. The molecule has 0 unspecified atom stereocenters. The van der Waals surface area contributed by atoms with Gasteiger partial charge in [-0.2, -0.15) is 0 Å². The molecule has 0 spiro atoms. The maximum absolute atomic E-state index is 12.3. The third-order valence-electron chi connectivity index (χ3n) is 4.63. The van der Waals surface area contributed by atoms with Gasteiger partial charge in [0.05, 0.1) is 0 Å². The van der Waals surface area contributed by atoms with Gasteiger partial charge in [0, 0.05) is 58.9 Å². The monoisotopic (exact) mass is 405 g/mol. The average Bonchev–Trinajstić information content (AvgIpc) is 2.60. The normalized spacial score (nSPS) is 15.0. The number of pyridine rings is 1. The lowest BCUT2D eigenvalue weighted by atomic mass is 9.93. The van der Waals surface area contributed by atoms with Gasteiger partial charge in [0.1, 0.15) is 5.82 Å². The first-order chi connectivity index (χ1) is 11.4. The van der Waals surface area contributed by atoms with Crippen molar-refractivity contribution < 1.29 is 4.79 Å². The topological polar surface area (TPSA) is 65.7 Å². The molecule has 0 radical (unpaired) electrons. The molecule has 6 nitrogen and oxygen atoms in total. The van der Waals surface area contributed by atoms with Crippen LogP contribution in [0.25, 0.3) is 0 Å². The molecule has 0 atom stereocenters. The molecule has 2 heterocycles. The number of amides is 1. The Balaban J connectivity index is 0.00000312. The number of aromatic nitrogens is 1. The maximum atomic E-state index is 12.3. The Morgan fingerprint density at radius 1 is 1.23 bits per heavy atom. The van der Waals surface area contributed by atoms with Crippen molar-refractivity contribution in [2.45, 2.75) is 20.3 Å². The van der Waals surface area contributed by atoms with E-state index in [0.29, 0.717) is 19.5 Å². The van der Waals surface area contributed by atoms with Crippen molar-refractivity contribution in [1.29, 1.82) is 0 Å². The zero-order chi connectivity index (χ0) is 17.6. The number of hydrogen-bond acceptors (Lipinski definition) is 5. The van der Waals surface area contributed by atoms with Crippen molar-refractivity contribution in [1.82, 2.24) is 14.8 Å². The lowest BCUT2D eigenvalue weighted by Crippen LogP contribution is -2.48. The van der Waals surface area contributed by atoms with Gasteiger partial charge < -0.3 is 15.5 Å². The van der Waals surface area contributed by atoms with E-state index in [0.717, 1.165) is 38.5 Å². The van der Waals surface area contributed by atoms with Crippen LogP contribution in [0.2, 0.25) is 0 Å². The number of carbonyl (C=O) groups excluding carboxylic acids is 1. The summed E-state index contributed by atoms with van der Waals surface area (Å²) in [6.07, 6.45) is 2.40. The molecule has 1 aliphatic rings. The molecule has 0 saturated carbocycles. The van der Waals surface area contributed by atoms with E-state index < -0.39 is 0 Å². The molecule has 150 valence electrons. The summed E-state index contributed by atoms with van der Waals surface area (Å²) in [7, 11) is 1.87. The molecule has 1 aliphatic heterocycles. The third-order valence-corrected chi connectivity index (χ3v) is 4.63. The van der Waals surface area contributed by atoms with Crippen molar-refractivity contribution in [3.63, 3.8) is 0 Å². The molecule has 26 heavy (non-hydrogen) atoms. The van der Waals surface area contributed by atoms with E-state index in [9.17, 15) is 4.79 Å². The highest BCUT2D eigenvalue weighted by Gasteiger charge is 2.22. The van der Waals surface area contributed by atoms with E-state index in [4.69, 9.17) is 5.73 Å². The second-order valence-electron chi connectivity index (χ2n) is 7.38. The van der Waals surface area contributed by atoms with Crippen molar-refractivity contribution >= 4 is 36.5 Å². The van der Waals surface area contributed by atoms with E-state index in [-0.39, 0.29) is 36.1 Å². The van der Waals surface area contributed by atoms with Gasteiger partial charge in [0.25, 0.3) is 0 Å². The number of rotatable bonds is 7. The molecule has 1 amide bonds. The number of piperazine rings is 1. The minimum absolute atomic E-state index is 0. The zero-order valence-corrected chi connectivity index (χ0v) is 17.7. The Hall–Kier alpha value is -1.08. The van der Waals surface area contributed by atoms with Crippen molar-refractivity contribution in [2.24, 2.45) is 11.1 Å². The molecular formula is C18H33Cl2N5O. The summed E-state index contributed by atoms with van der Waals surface area (Å²) in [6, 6.07) is 6.01. The lowest BCUT2D eigenvalue weighted by molar-refractivity contribution is -0.131. The predicted molar refractivity (Wildman–Crippen MR) is 112 cm³/mol. The van der Waals surface area contributed by atoms with Crippen molar-refractivity contribution in [2.75, 3.05) is 57.8 Å². The van der Waals surface area contributed by atoms with Crippen molar-refractivity contribution in [3.05, 3.63) is 24.4 Å². The molecule has 1 aromatic heterocycles. The van der Waals surface area contributed by atoms with Crippen LogP contribution in [-0.4, -0.2) is 73.6 Å². The van der Waals surface area contributed by atoms with Crippen LogP contribution in [0.1, 0.15) is 20.3 Å². The number of hydrogen-bond donors (Lipinski definition) is 1. The Morgan fingerprint density at radius 3 is 2.42 bits per heavy atom. The number of anilines is 1. The standard InChI is InChI=1S/C18H31N5O.2ClH/c1-18(2,14-19)15-21(3)17(24)7-9-22-10-12-23(13-11-22)16-6-4-5-8-20-16;;/h4-6,8H,7,9-15,19H2,1-3H3;2*1H. The molecule has 0 bridgehead atoms. The van der Waals surface area contributed by atoms with Crippen LogP contribution in [0.15, 0.2) is 24.4 Å². The molecule has 2 rings (SSSR count). The van der Waals surface area contributed by atoms with Gasteiger partial charge in [-0.25, -0.2) is 4.98 Å². The zero-order valence-electron chi connectivity index (χ0n) is 16.1. The predicted octanol–water partition coefficient (Wildman–Crippen LogP) is 1.88. The van der Waals surface area contributed by atoms with E-state index in [1.807, 2.05) is 36.3 Å². The third kappa shape index (κ3) is 7.66. The molecule has 1 aromatic rings. The first-order valence-corrected chi connectivity index (χ1v) is 8.74. The summed E-state index contributed by atoms with van der Waals surface area (Å²) in [5.74, 6) is 1.24. The van der Waals surface area contributed by atoms with Gasteiger partial charge in [-0.3, -0.25) is 9.69 Å². The maximum Gasteiger partial charge on any atom is 0.223 e. The Labute approximate surface area is 169 Å². The summed E-state index contributed by atoms with van der Waals surface area (Å²) in [5, 5.41) is 0. The summed E-state index contributed by atoms with van der Waals surface area (Å²) in [6.45, 7) is 10.2. The van der Waals surface area contributed by atoms with Gasteiger partial charge in [-0.05, 0) is 24.1 Å². The summed E-state index contributed by atoms with van der Waals surface area (Å²) < 4.78 is 0. The van der Waals surface area contributed by atoms with Crippen LogP contribution < -0.4 is 10.6 Å². The first kappa shape index (κ1) is 24.9. The van der Waals surface area contributed by atoms with E-state index in [1.165, 1.54) is 0 Å². The van der Waals surface area contributed by atoms with Gasteiger partial charge in [0.2, 0.25) is 5.91 Å². The number of halogens is 2. The van der Waals surface area contributed by atoms with Gasteiger partial charge >= 0.3 is 0 Å². The highest BCUT2D eigenvalue weighted by atomic mass is 35.5. The van der Waals surface area contributed by atoms with Gasteiger partial charge in [-0.1, -0.05) is 19.9 Å². The highest BCUT2D eigenvalue weighted by molar-refractivity contribution is 5.85. The van der Waals surface area contributed by atoms with Crippen LogP contribution in [0.5, 0.6) is 0 Å². The van der Waals surface area contributed by atoms with Crippen LogP contribution in [-0.2, 0) is 4.79 Å². The SMILES string of the molecule is CN(CC(C)(C)CN)C(=O)CCN1CCN(c2ccccn2)CC1.Cl.Cl. The minimum Gasteiger partial charge on any atom is -0.354 e. The Morgan fingerprint density at radius 2 is 1.88 bits per heavy atom. The fourth-order valence-electron chi connectivity index (χ4n) is 2.98. The Bertz CT molecular complexity index is 522. The lowest BCUT2D eigenvalue weighted by Gasteiger charge is -2.35. The second kappa shape index (κ2) is 11.6. The molecule has 8 heteroatoms. The van der Waals surface area contributed by atoms with Gasteiger partial charge in [0.15, 0.2) is 0 Å². The van der Waals surface area contributed by atoms with Crippen LogP contribution in [0.4, 0.5) is 5.82 Å². The largest absolute Gasteiger partial charge is 0.354 e. The summed E-state index contributed by atoms with van der Waals surface area (Å²) >= 11 is 0. The molecule has 1 fully saturated rings. The molecule has 0 aromatic carbocycles. The van der Waals surface area contributed by atoms with Crippen LogP contribution in [0, 0.1) is 5.41 Å². The average molecular weight is 406 g/mol. The molecule has 1 saturated heterocycles. The van der Waals surface area contributed by atoms with Crippen molar-refractivity contribution in [3.8, 4) is 0 Å². The van der Waals surface area contributed by atoms with E-state index in [2.05, 4.69) is 28.6 Å². The van der Waals surface area contributed by atoms with E-state index >= 15 is 0 Å². The molecular weight excluding hydrogens is 373 g/mol. The van der Waals surface area contributed by atoms with E-state index in [1.54, 1.807) is 0 Å². The van der Waals surface area contributed by atoms with Crippen LogP contribution in [0.3, 0.4) is 0 Å². The fourth-order valence-corrected chi connectivity index (χ4v) is 2.98. The number of carbonyl (C=O) groups is 1.